The number of benzene rings is 4. The highest BCUT2D eigenvalue weighted by molar-refractivity contribution is 6.04. The van der Waals surface area contributed by atoms with Crippen LogP contribution in [-0.2, 0) is 4.79 Å². The summed E-state index contributed by atoms with van der Waals surface area (Å²) in [6.45, 7) is 4.49. The maximum Gasteiger partial charge on any atom is 0.255 e. The van der Waals surface area contributed by atoms with Gasteiger partial charge in [0.1, 0.15) is 6.04 Å². The zero-order valence-corrected chi connectivity index (χ0v) is 23.7. The van der Waals surface area contributed by atoms with Crippen molar-refractivity contribution in [3.8, 4) is 0 Å². The molecule has 4 unspecified atom stereocenters. The van der Waals surface area contributed by atoms with E-state index in [1.807, 2.05) is 115 Å². The third-order valence-electron chi connectivity index (χ3n) is 8.53. The van der Waals surface area contributed by atoms with E-state index in [0.717, 1.165) is 16.7 Å². The Morgan fingerprint density at radius 3 is 1.88 bits per heavy atom. The minimum Gasteiger partial charge on any atom is -0.338 e. The first-order chi connectivity index (χ1) is 20.5. The molecule has 2 fully saturated rings. The van der Waals surface area contributed by atoms with Crippen LogP contribution in [0, 0.1) is 12.8 Å². The van der Waals surface area contributed by atoms with Crippen LogP contribution in [0.4, 0.5) is 0 Å². The molecule has 2 heterocycles. The van der Waals surface area contributed by atoms with Gasteiger partial charge >= 0.3 is 0 Å². The van der Waals surface area contributed by atoms with E-state index in [1.165, 1.54) is 0 Å². The van der Waals surface area contributed by atoms with Crippen molar-refractivity contribution in [1.29, 1.82) is 0 Å². The van der Waals surface area contributed by atoms with Gasteiger partial charge in [0, 0.05) is 43.2 Å². The highest BCUT2D eigenvalue weighted by atomic mass is 16.2. The van der Waals surface area contributed by atoms with Crippen molar-refractivity contribution in [2.75, 3.05) is 26.2 Å². The molecule has 1 N–H and O–H groups in total. The summed E-state index contributed by atoms with van der Waals surface area (Å²) < 4.78 is 0. The normalized spacial score (nSPS) is 22.1. The van der Waals surface area contributed by atoms with Crippen LogP contribution in [0.1, 0.15) is 49.4 Å². The zero-order chi connectivity index (χ0) is 29.1. The number of carbonyl (C=O) groups is 3. The smallest absolute Gasteiger partial charge is 0.255 e. The molecule has 6 heteroatoms. The van der Waals surface area contributed by atoms with Crippen LogP contribution in [-0.4, -0.2) is 59.6 Å². The fourth-order valence-electron chi connectivity index (χ4n) is 6.63. The number of nitrogens with one attached hydrogen (secondary N) is 1. The summed E-state index contributed by atoms with van der Waals surface area (Å²) in [5.74, 6) is -1.66. The summed E-state index contributed by atoms with van der Waals surface area (Å²) in [5.41, 5.74) is 3.82. The van der Waals surface area contributed by atoms with Gasteiger partial charge < -0.3 is 15.1 Å². The summed E-state index contributed by atoms with van der Waals surface area (Å²) in [5, 5.41) is 3.32. The number of Topliss-reactive ketones (excluding diaryl/α,β-unsaturated/α-hetero) is 1. The number of carbonyl (C=O) groups excluding carboxylic acids is 3. The number of hydrogen-bond acceptors (Lipinski definition) is 4. The summed E-state index contributed by atoms with van der Waals surface area (Å²) in [6.07, 6.45) is 0. The zero-order valence-electron chi connectivity index (χ0n) is 23.7. The van der Waals surface area contributed by atoms with E-state index in [2.05, 4.69) is 5.32 Å². The molecule has 2 aliphatic rings. The number of amides is 2. The Labute approximate surface area is 247 Å². The molecule has 0 saturated carbocycles. The Morgan fingerprint density at radius 1 is 0.690 bits per heavy atom. The molecular weight excluding hydrogens is 522 g/mol. The standard InChI is InChI=1S/C36H35N3O3/c1-25-12-11-19-29(24-25)32-31(34(40)27-15-7-3-8-16-27)30(26-13-5-2-6-14-26)33(36(42)38-22-20-37-21-23-38)39(32)35(41)28-17-9-4-10-18-28/h2-19,24,30-33,37H,20-23H2,1H3. The molecule has 6 rings (SSSR count). The molecule has 0 aromatic heterocycles. The average molecular weight is 558 g/mol. The van der Waals surface area contributed by atoms with E-state index in [0.29, 0.717) is 37.3 Å². The number of ketones is 1. The van der Waals surface area contributed by atoms with Crippen LogP contribution in [0.25, 0.3) is 0 Å². The van der Waals surface area contributed by atoms with Crippen molar-refractivity contribution in [3.63, 3.8) is 0 Å². The van der Waals surface area contributed by atoms with Crippen molar-refractivity contribution >= 4 is 17.6 Å². The van der Waals surface area contributed by atoms with Gasteiger partial charge in [-0.3, -0.25) is 14.4 Å². The van der Waals surface area contributed by atoms with Crippen molar-refractivity contribution in [1.82, 2.24) is 15.1 Å². The van der Waals surface area contributed by atoms with Gasteiger partial charge in [0.15, 0.2) is 5.78 Å². The van der Waals surface area contributed by atoms with Crippen molar-refractivity contribution in [3.05, 3.63) is 143 Å². The Bertz CT molecular complexity index is 1550. The van der Waals surface area contributed by atoms with Crippen molar-refractivity contribution < 1.29 is 14.4 Å². The Morgan fingerprint density at radius 2 is 1.26 bits per heavy atom. The topological polar surface area (TPSA) is 69.7 Å². The number of aryl methyl sites for hydroxylation is 1. The maximum absolute atomic E-state index is 14.7. The molecule has 4 atom stereocenters. The number of piperazine rings is 1. The molecular formula is C36H35N3O3. The van der Waals surface area contributed by atoms with Gasteiger partial charge in [0.05, 0.1) is 12.0 Å². The van der Waals surface area contributed by atoms with E-state index in [4.69, 9.17) is 0 Å². The first-order valence-electron chi connectivity index (χ1n) is 14.6. The van der Waals surface area contributed by atoms with E-state index >= 15 is 0 Å². The number of rotatable bonds is 6. The summed E-state index contributed by atoms with van der Waals surface area (Å²) in [4.78, 5) is 47.6. The average Bonchev–Trinajstić information content (AvgIpc) is 3.41. The predicted octanol–water partition coefficient (Wildman–Crippen LogP) is 5.28. The second-order valence-corrected chi connectivity index (χ2v) is 11.2. The molecule has 42 heavy (non-hydrogen) atoms. The number of nitrogens with zero attached hydrogens (tertiary/aromatic N) is 2. The fraction of sp³-hybridized carbons (Fsp3) is 0.250. The van der Waals surface area contributed by atoms with Gasteiger partial charge in [0.2, 0.25) is 5.91 Å². The van der Waals surface area contributed by atoms with Crippen LogP contribution in [0.5, 0.6) is 0 Å². The number of hydrogen-bond donors (Lipinski definition) is 1. The minimum absolute atomic E-state index is 0.0718. The fourth-order valence-corrected chi connectivity index (χ4v) is 6.63. The van der Waals surface area contributed by atoms with Crippen molar-refractivity contribution in [2.24, 2.45) is 5.92 Å². The van der Waals surface area contributed by atoms with Crippen LogP contribution in [0.3, 0.4) is 0 Å². The molecule has 2 aliphatic heterocycles. The van der Waals surface area contributed by atoms with Gasteiger partial charge in [-0.1, -0.05) is 109 Å². The van der Waals surface area contributed by atoms with Gasteiger partial charge in [-0.2, -0.15) is 0 Å². The van der Waals surface area contributed by atoms with E-state index in [-0.39, 0.29) is 17.6 Å². The monoisotopic (exact) mass is 557 g/mol. The Hall–Kier alpha value is -4.55. The largest absolute Gasteiger partial charge is 0.338 e. The molecule has 0 bridgehead atoms. The van der Waals surface area contributed by atoms with Crippen LogP contribution in [0.2, 0.25) is 0 Å². The molecule has 4 aromatic rings. The Balaban J connectivity index is 1.61. The quantitative estimate of drug-likeness (QED) is 0.328. The lowest BCUT2D eigenvalue weighted by Crippen LogP contribution is -2.54. The molecule has 212 valence electrons. The molecule has 2 amide bonds. The van der Waals surface area contributed by atoms with E-state index < -0.39 is 23.9 Å². The number of likely N-dealkylation sites (tertiary alicyclic amines) is 1. The summed E-state index contributed by atoms with van der Waals surface area (Å²) in [6, 6.07) is 34.6. The van der Waals surface area contributed by atoms with Crippen molar-refractivity contribution in [2.45, 2.75) is 24.9 Å². The lowest BCUT2D eigenvalue weighted by atomic mass is 9.75. The lowest BCUT2D eigenvalue weighted by molar-refractivity contribution is -0.136. The van der Waals surface area contributed by atoms with Crippen LogP contribution in [0.15, 0.2) is 115 Å². The minimum atomic E-state index is -0.860. The van der Waals surface area contributed by atoms with Gasteiger partial charge in [-0.25, -0.2) is 0 Å². The van der Waals surface area contributed by atoms with Crippen LogP contribution < -0.4 is 5.32 Å². The third-order valence-corrected chi connectivity index (χ3v) is 8.53. The van der Waals surface area contributed by atoms with Gasteiger partial charge in [-0.15, -0.1) is 0 Å². The molecule has 0 aliphatic carbocycles. The second-order valence-electron chi connectivity index (χ2n) is 11.2. The van der Waals surface area contributed by atoms with Gasteiger partial charge in [-0.05, 0) is 30.2 Å². The van der Waals surface area contributed by atoms with E-state index in [9.17, 15) is 14.4 Å². The maximum atomic E-state index is 14.7. The molecule has 0 spiro atoms. The van der Waals surface area contributed by atoms with Gasteiger partial charge in [0.25, 0.3) is 5.91 Å². The summed E-state index contributed by atoms with van der Waals surface area (Å²) in [7, 11) is 0. The molecule has 0 radical (unpaired) electrons. The van der Waals surface area contributed by atoms with Crippen LogP contribution >= 0.6 is 0 Å². The summed E-state index contributed by atoms with van der Waals surface area (Å²) >= 11 is 0. The Kier molecular flexibility index (Phi) is 7.97. The highest BCUT2D eigenvalue weighted by Gasteiger charge is 2.58. The molecule has 6 nitrogen and oxygen atoms in total. The first-order valence-corrected chi connectivity index (χ1v) is 14.6. The highest BCUT2D eigenvalue weighted by Crippen LogP contribution is 2.52. The molecule has 4 aromatic carbocycles. The predicted molar refractivity (Wildman–Crippen MR) is 163 cm³/mol. The molecule has 2 saturated heterocycles. The first kappa shape index (κ1) is 27.6. The second kappa shape index (κ2) is 12.1. The third kappa shape index (κ3) is 5.26. The van der Waals surface area contributed by atoms with E-state index in [1.54, 1.807) is 17.0 Å². The lowest BCUT2D eigenvalue weighted by Gasteiger charge is -2.36. The SMILES string of the molecule is Cc1cccc(C2C(C(=O)c3ccccc3)C(c3ccccc3)C(C(=O)N3CCNCC3)N2C(=O)c2ccccc2)c1.